The Bertz CT molecular complexity index is 1310. The minimum atomic E-state index is -0.253. The maximum atomic E-state index is 13.7. The second-order valence-corrected chi connectivity index (χ2v) is 11.9. The lowest BCUT2D eigenvalue weighted by Gasteiger charge is -2.36. The van der Waals surface area contributed by atoms with Crippen LogP contribution in [0.1, 0.15) is 49.7 Å². The smallest absolute Gasteiger partial charge is 0.226 e. The highest BCUT2D eigenvalue weighted by atomic mass is 35.5. The first-order chi connectivity index (χ1) is 19.2. The lowest BCUT2D eigenvalue weighted by molar-refractivity contribution is -0.147. The van der Waals surface area contributed by atoms with Gasteiger partial charge in [0.15, 0.2) is 0 Å². The van der Waals surface area contributed by atoms with E-state index < -0.39 is 0 Å². The summed E-state index contributed by atoms with van der Waals surface area (Å²) in [4.78, 5) is 45.8. The van der Waals surface area contributed by atoms with Crippen molar-refractivity contribution >= 4 is 40.8 Å². The van der Waals surface area contributed by atoms with Crippen molar-refractivity contribution in [2.24, 2.45) is 17.8 Å². The molecular formula is C30H32Cl2N4O4. The molecule has 0 N–H and O–H groups in total. The predicted octanol–water partition coefficient (Wildman–Crippen LogP) is 4.68. The van der Waals surface area contributed by atoms with Gasteiger partial charge in [-0.15, -0.1) is 0 Å². The molecule has 2 aromatic rings. The van der Waals surface area contributed by atoms with Crippen molar-refractivity contribution in [3.63, 3.8) is 0 Å². The highest BCUT2D eigenvalue weighted by Gasteiger charge is 2.43. The third-order valence-corrected chi connectivity index (χ3v) is 9.23. The van der Waals surface area contributed by atoms with Gasteiger partial charge in [0.25, 0.3) is 0 Å². The Morgan fingerprint density at radius 2 is 1.77 bits per heavy atom. The van der Waals surface area contributed by atoms with Gasteiger partial charge in [-0.1, -0.05) is 35.3 Å². The van der Waals surface area contributed by atoms with Crippen LogP contribution in [0.4, 0.5) is 0 Å². The van der Waals surface area contributed by atoms with Gasteiger partial charge in [0.05, 0.1) is 28.5 Å². The monoisotopic (exact) mass is 582 g/mol. The zero-order valence-corrected chi connectivity index (χ0v) is 23.9. The lowest BCUT2D eigenvalue weighted by Crippen LogP contribution is -2.48. The second-order valence-electron chi connectivity index (χ2n) is 11.1. The number of nitrogens with zero attached hydrogens (tertiary/aromatic N) is 4. The summed E-state index contributed by atoms with van der Waals surface area (Å²) in [6.07, 6.45) is 3.62. The molecule has 1 saturated carbocycles. The van der Waals surface area contributed by atoms with Gasteiger partial charge in [-0.3, -0.25) is 14.4 Å². The number of piperidine rings is 1. The summed E-state index contributed by atoms with van der Waals surface area (Å²) < 4.78 is 6.24. The number of amides is 2. The van der Waals surface area contributed by atoms with E-state index in [1.807, 2.05) is 34.9 Å². The fourth-order valence-electron chi connectivity index (χ4n) is 6.06. The van der Waals surface area contributed by atoms with Crippen molar-refractivity contribution < 1.29 is 19.1 Å². The first-order valence-corrected chi connectivity index (χ1v) is 14.5. The average Bonchev–Trinajstić information content (AvgIpc) is 3.39. The van der Waals surface area contributed by atoms with Gasteiger partial charge in [-0.05, 0) is 43.0 Å². The number of hydrogen-bond donors (Lipinski definition) is 0. The number of carbonyl (C=O) groups excluding carboxylic acids is 3. The number of carbonyl (C=O) groups is 3. The summed E-state index contributed by atoms with van der Waals surface area (Å²) >= 11 is 12.6. The number of likely N-dealkylation sites (tertiary alicyclic amines) is 2. The van der Waals surface area contributed by atoms with Crippen molar-refractivity contribution in [1.29, 1.82) is 5.26 Å². The van der Waals surface area contributed by atoms with Crippen molar-refractivity contribution in [3.8, 4) is 11.9 Å². The molecule has 5 rings (SSSR count). The van der Waals surface area contributed by atoms with Gasteiger partial charge in [0.2, 0.25) is 17.7 Å². The SMILES string of the molecule is C[C@@H](Oc1ccc(CC#N)cn1)[C@H]1CN(C(=O)C2CCN(C(=O)C3CC(=O)C3)CC2)C[C@@H]1c1ccc(Cl)c(Cl)c1. The number of aromatic nitrogens is 1. The molecule has 1 aromatic heterocycles. The molecule has 0 unspecified atom stereocenters. The van der Waals surface area contributed by atoms with Gasteiger partial charge < -0.3 is 14.5 Å². The Morgan fingerprint density at radius 1 is 1.05 bits per heavy atom. The minimum absolute atomic E-state index is 0.00982. The molecule has 1 aromatic carbocycles. The van der Waals surface area contributed by atoms with E-state index >= 15 is 0 Å². The Labute approximate surface area is 244 Å². The lowest BCUT2D eigenvalue weighted by atomic mass is 9.82. The van der Waals surface area contributed by atoms with Crippen LogP contribution in [-0.4, -0.2) is 64.7 Å². The second kappa shape index (κ2) is 12.2. The third kappa shape index (κ3) is 6.11. The predicted molar refractivity (Wildman–Crippen MR) is 150 cm³/mol. The molecule has 2 aliphatic heterocycles. The fourth-order valence-corrected chi connectivity index (χ4v) is 6.37. The first-order valence-electron chi connectivity index (χ1n) is 13.8. The van der Waals surface area contributed by atoms with Crippen LogP contribution in [0.2, 0.25) is 10.0 Å². The number of pyridine rings is 1. The summed E-state index contributed by atoms with van der Waals surface area (Å²) in [5.74, 6) is 0.418. The summed E-state index contributed by atoms with van der Waals surface area (Å²) in [5, 5.41) is 9.86. The van der Waals surface area contributed by atoms with Crippen LogP contribution in [0.25, 0.3) is 0 Å². The Kier molecular flexibility index (Phi) is 8.62. The van der Waals surface area contributed by atoms with E-state index in [2.05, 4.69) is 11.1 Å². The van der Waals surface area contributed by atoms with Crippen molar-refractivity contribution in [2.75, 3.05) is 26.2 Å². The van der Waals surface area contributed by atoms with Crippen LogP contribution >= 0.6 is 23.2 Å². The van der Waals surface area contributed by atoms with Crippen molar-refractivity contribution in [1.82, 2.24) is 14.8 Å². The van der Waals surface area contributed by atoms with Crippen LogP contribution in [0.15, 0.2) is 36.5 Å². The normalized spacial score (nSPS) is 22.5. The zero-order chi connectivity index (χ0) is 28.4. The number of benzene rings is 1. The molecule has 0 spiro atoms. The zero-order valence-electron chi connectivity index (χ0n) is 22.4. The molecule has 2 amide bonds. The summed E-state index contributed by atoms with van der Waals surface area (Å²) in [6.45, 7) is 4.14. The summed E-state index contributed by atoms with van der Waals surface area (Å²) in [5.41, 5.74) is 1.82. The summed E-state index contributed by atoms with van der Waals surface area (Å²) in [7, 11) is 0. The first kappa shape index (κ1) is 28.4. The molecule has 0 radical (unpaired) electrons. The van der Waals surface area contributed by atoms with E-state index in [0.29, 0.717) is 67.8 Å². The molecule has 3 aliphatic rings. The molecule has 8 nitrogen and oxygen atoms in total. The van der Waals surface area contributed by atoms with Gasteiger partial charge in [-0.25, -0.2) is 4.98 Å². The number of hydrogen-bond acceptors (Lipinski definition) is 6. The van der Waals surface area contributed by atoms with Gasteiger partial charge >= 0.3 is 0 Å². The largest absolute Gasteiger partial charge is 0.474 e. The Hall–Kier alpha value is -3.15. The van der Waals surface area contributed by atoms with Crippen molar-refractivity contribution in [3.05, 3.63) is 57.7 Å². The number of nitriles is 1. The molecule has 3 atom stereocenters. The summed E-state index contributed by atoms with van der Waals surface area (Å²) in [6, 6.07) is 11.3. The number of Topliss-reactive ketones (excluding diaryl/α,β-unsaturated/α-hetero) is 1. The van der Waals surface area contributed by atoms with Crippen LogP contribution in [-0.2, 0) is 20.8 Å². The van der Waals surface area contributed by atoms with Crippen LogP contribution < -0.4 is 4.74 Å². The maximum Gasteiger partial charge on any atom is 0.226 e. The number of halogens is 2. The van der Waals surface area contributed by atoms with Gasteiger partial charge in [0.1, 0.15) is 11.9 Å². The quantitative estimate of drug-likeness (QED) is 0.469. The molecule has 10 heteroatoms. The van der Waals surface area contributed by atoms with Crippen LogP contribution in [0, 0.1) is 29.1 Å². The van der Waals surface area contributed by atoms with Gasteiger partial charge in [-0.2, -0.15) is 5.26 Å². The Balaban J connectivity index is 1.27. The molecule has 2 saturated heterocycles. The topological polar surface area (TPSA) is 104 Å². The van der Waals surface area contributed by atoms with E-state index in [1.165, 1.54) is 0 Å². The number of rotatable bonds is 7. The number of ketones is 1. The molecule has 1 aliphatic carbocycles. The van der Waals surface area contributed by atoms with Crippen LogP contribution in [0.3, 0.4) is 0 Å². The van der Waals surface area contributed by atoms with E-state index in [9.17, 15) is 14.4 Å². The molecule has 3 fully saturated rings. The van der Waals surface area contributed by atoms with E-state index in [0.717, 1.165) is 11.1 Å². The van der Waals surface area contributed by atoms with Crippen molar-refractivity contribution in [2.45, 2.75) is 51.0 Å². The highest BCUT2D eigenvalue weighted by Crippen LogP contribution is 2.39. The fraction of sp³-hybridized carbons (Fsp3) is 0.500. The molecule has 40 heavy (non-hydrogen) atoms. The number of ether oxygens (including phenoxy) is 1. The molecule has 3 heterocycles. The third-order valence-electron chi connectivity index (χ3n) is 8.49. The maximum absolute atomic E-state index is 13.7. The molecule has 210 valence electrons. The van der Waals surface area contributed by atoms with Gasteiger partial charge in [0, 0.05) is 69.0 Å². The van der Waals surface area contributed by atoms with E-state index in [4.69, 9.17) is 33.2 Å². The standard InChI is InChI=1S/C30H32Cl2N4O4/c1-18(40-28-5-2-19(6-9-33)15-34-28)24-16-36(17-25(24)21-3-4-26(31)27(32)14-21)29(38)20-7-10-35(11-8-20)30(39)22-12-23(37)13-22/h2-5,14-15,18,20,22,24-25H,6-8,10-13,16-17H2,1H3/t18-,24-,25-/m1/s1. The minimum Gasteiger partial charge on any atom is -0.474 e. The van der Waals surface area contributed by atoms with Crippen LogP contribution in [0.5, 0.6) is 5.88 Å². The highest BCUT2D eigenvalue weighted by molar-refractivity contribution is 6.42. The molecular weight excluding hydrogens is 551 g/mol. The van der Waals surface area contributed by atoms with E-state index in [1.54, 1.807) is 18.3 Å². The Morgan fingerprint density at radius 3 is 2.40 bits per heavy atom. The molecule has 0 bridgehead atoms. The van der Waals surface area contributed by atoms with E-state index in [-0.39, 0.29) is 53.8 Å². The average molecular weight is 584 g/mol.